The third-order valence-electron chi connectivity index (χ3n) is 3.95. The first kappa shape index (κ1) is 15.8. The van der Waals surface area contributed by atoms with Gasteiger partial charge in [-0.2, -0.15) is 0 Å². The number of anilines is 1. The standard InChI is InChI=1S/C16H25N3O2/c1-4-8-17-15(20)13-6-7-14(18-11-13)19-9-10-21-16(3,5-2)12-19/h6-7,11H,4-5,8-10,12H2,1-3H3,(H,17,20). The Morgan fingerprint density at radius 3 is 2.90 bits per heavy atom. The molecule has 5 heteroatoms. The number of carbonyl (C=O) groups is 1. The Morgan fingerprint density at radius 1 is 1.48 bits per heavy atom. The molecule has 0 aromatic carbocycles. The number of hydrogen-bond donors (Lipinski definition) is 1. The second-order valence-electron chi connectivity index (χ2n) is 5.73. The van der Waals surface area contributed by atoms with E-state index in [-0.39, 0.29) is 11.5 Å². The topological polar surface area (TPSA) is 54.5 Å². The Kier molecular flexibility index (Phi) is 5.17. The molecule has 0 saturated carbocycles. The van der Waals surface area contributed by atoms with Crippen LogP contribution < -0.4 is 10.2 Å². The molecule has 1 aliphatic heterocycles. The Morgan fingerprint density at radius 2 is 2.29 bits per heavy atom. The number of ether oxygens (including phenoxy) is 1. The molecule has 1 aromatic heterocycles. The Hall–Kier alpha value is -1.62. The lowest BCUT2D eigenvalue weighted by Crippen LogP contribution is -2.50. The van der Waals surface area contributed by atoms with Crippen molar-refractivity contribution >= 4 is 11.7 Å². The molecule has 116 valence electrons. The number of aromatic nitrogens is 1. The van der Waals surface area contributed by atoms with E-state index in [4.69, 9.17) is 4.74 Å². The number of nitrogens with one attached hydrogen (secondary N) is 1. The summed E-state index contributed by atoms with van der Waals surface area (Å²) in [6.45, 7) is 9.38. The summed E-state index contributed by atoms with van der Waals surface area (Å²) in [4.78, 5) is 18.5. The van der Waals surface area contributed by atoms with Crippen molar-refractivity contribution in [3.05, 3.63) is 23.9 Å². The van der Waals surface area contributed by atoms with Gasteiger partial charge in [-0.1, -0.05) is 13.8 Å². The van der Waals surface area contributed by atoms with Gasteiger partial charge < -0.3 is 15.0 Å². The van der Waals surface area contributed by atoms with E-state index in [0.29, 0.717) is 18.7 Å². The molecule has 0 spiro atoms. The summed E-state index contributed by atoms with van der Waals surface area (Å²) < 4.78 is 5.84. The lowest BCUT2D eigenvalue weighted by Gasteiger charge is -2.40. The summed E-state index contributed by atoms with van der Waals surface area (Å²) in [5.74, 6) is 0.848. The highest BCUT2D eigenvalue weighted by Crippen LogP contribution is 2.24. The van der Waals surface area contributed by atoms with E-state index in [2.05, 4.69) is 29.0 Å². The molecule has 5 nitrogen and oxygen atoms in total. The molecular formula is C16H25N3O2. The van der Waals surface area contributed by atoms with Gasteiger partial charge in [-0.05, 0) is 31.9 Å². The average molecular weight is 291 g/mol. The fourth-order valence-corrected chi connectivity index (χ4v) is 2.39. The first-order valence-electron chi connectivity index (χ1n) is 7.71. The van der Waals surface area contributed by atoms with Crippen LogP contribution in [0.3, 0.4) is 0 Å². The first-order chi connectivity index (χ1) is 10.1. The van der Waals surface area contributed by atoms with E-state index in [0.717, 1.165) is 31.7 Å². The molecule has 1 fully saturated rings. The van der Waals surface area contributed by atoms with Gasteiger partial charge in [0.05, 0.1) is 17.8 Å². The largest absolute Gasteiger partial charge is 0.372 e. The second-order valence-corrected chi connectivity index (χ2v) is 5.73. The number of carbonyl (C=O) groups excluding carboxylic acids is 1. The van der Waals surface area contributed by atoms with Gasteiger partial charge in [0.2, 0.25) is 0 Å². The van der Waals surface area contributed by atoms with Gasteiger partial charge >= 0.3 is 0 Å². The smallest absolute Gasteiger partial charge is 0.252 e. The van der Waals surface area contributed by atoms with Crippen molar-refractivity contribution in [2.24, 2.45) is 0 Å². The third kappa shape index (κ3) is 3.94. The van der Waals surface area contributed by atoms with E-state index in [1.54, 1.807) is 6.20 Å². The minimum atomic E-state index is -0.114. The van der Waals surface area contributed by atoms with Crippen LogP contribution in [0.25, 0.3) is 0 Å². The number of pyridine rings is 1. The maximum atomic E-state index is 11.9. The SMILES string of the molecule is CCCNC(=O)c1ccc(N2CCOC(C)(CC)C2)nc1. The van der Waals surface area contributed by atoms with E-state index in [1.165, 1.54) is 0 Å². The lowest BCUT2D eigenvalue weighted by molar-refractivity contribution is -0.0443. The van der Waals surface area contributed by atoms with Gasteiger partial charge in [0.25, 0.3) is 5.91 Å². The summed E-state index contributed by atoms with van der Waals surface area (Å²) in [5.41, 5.74) is 0.496. The highest BCUT2D eigenvalue weighted by Gasteiger charge is 2.30. The lowest BCUT2D eigenvalue weighted by atomic mass is 10.0. The van der Waals surface area contributed by atoms with Crippen molar-refractivity contribution in [2.75, 3.05) is 31.1 Å². The van der Waals surface area contributed by atoms with Crippen molar-refractivity contribution in [3.63, 3.8) is 0 Å². The number of rotatable bonds is 5. The number of nitrogens with zero attached hydrogens (tertiary/aromatic N) is 2. The quantitative estimate of drug-likeness (QED) is 0.904. The molecule has 21 heavy (non-hydrogen) atoms. The fourth-order valence-electron chi connectivity index (χ4n) is 2.39. The van der Waals surface area contributed by atoms with Crippen LogP contribution >= 0.6 is 0 Å². The average Bonchev–Trinajstić information content (AvgIpc) is 2.53. The van der Waals surface area contributed by atoms with Crippen LogP contribution in [0.1, 0.15) is 44.0 Å². The maximum absolute atomic E-state index is 11.9. The highest BCUT2D eigenvalue weighted by molar-refractivity contribution is 5.94. The minimum Gasteiger partial charge on any atom is -0.372 e. The van der Waals surface area contributed by atoms with Crippen molar-refractivity contribution in [2.45, 2.75) is 39.2 Å². The van der Waals surface area contributed by atoms with Gasteiger partial charge in [-0.15, -0.1) is 0 Å². The van der Waals surface area contributed by atoms with Crippen LogP contribution in [-0.4, -0.2) is 42.7 Å². The summed E-state index contributed by atoms with van der Waals surface area (Å²) in [7, 11) is 0. The van der Waals surface area contributed by atoms with Crippen molar-refractivity contribution in [1.29, 1.82) is 0 Å². The Labute approximate surface area is 126 Å². The molecule has 1 saturated heterocycles. The van der Waals surface area contributed by atoms with Crippen molar-refractivity contribution < 1.29 is 9.53 Å². The van der Waals surface area contributed by atoms with Gasteiger partial charge in [0.15, 0.2) is 0 Å². The highest BCUT2D eigenvalue weighted by atomic mass is 16.5. The summed E-state index contributed by atoms with van der Waals surface area (Å²) >= 11 is 0. The van der Waals surface area contributed by atoms with Crippen LogP contribution in [-0.2, 0) is 4.74 Å². The summed E-state index contributed by atoms with van der Waals surface area (Å²) in [6, 6.07) is 3.76. The number of amides is 1. The maximum Gasteiger partial charge on any atom is 0.252 e. The molecule has 0 aliphatic carbocycles. The molecule has 1 atom stereocenters. The zero-order valence-corrected chi connectivity index (χ0v) is 13.2. The molecule has 2 rings (SSSR count). The normalized spacial score (nSPS) is 22.1. The van der Waals surface area contributed by atoms with Crippen LogP contribution in [0, 0.1) is 0 Å². The predicted octanol–water partition coefficient (Wildman–Crippen LogP) is 2.23. The zero-order valence-electron chi connectivity index (χ0n) is 13.2. The fraction of sp³-hybridized carbons (Fsp3) is 0.625. The van der Waals surface area contributed by atoms with E-state index >= 15 is 0 Å². The van der Waals surface area contributed by atoms with E-state index in [9.17, 15) is 4.79 Å². The van der Waals surface area contributed by atoms with Gasteiger partial charge in [-0.25, -0.2) is 4.98 Å². The Balaban J connectivity index is 2.03. The first-order valence-corrected chi connectivity index (χ1v) is 7.71. The zero-order chi connectivity index (χ0) is 15.3. The predicted molar refractivity (Wildman–Crippen MR) is 83.7 cm³/mol. The number of hydrogen-bond acceptors (Lipinski definition) is 4. The van der Waals surface area contributed by atoms with Gasteiger partial charge in [0, 0.05) is 25.8 Å². The second kappa shape index (κ2) is 6.89. The molecule has 1 N–H and O–H groups in total. The van der Waals surface area contributed by atoms with E-state index in [1.807, 2.05) is 19.1 Å². The molecule has 1 amide bonds. The molecule has 1 aliphatic rings. The van der Waals surface area contributed by atoms with Gasteiger partial charge in [0.1, 0.15) is 5.82 Å². The molecule has 0 bridgehead atoms. The molecule has 2 heterocycles. The molecule has 1 aromatic rings. The third-order valence-corrected chi connectivity index (χ3v) is 3.95. The number of morpholine rings is 1. The minimum absolute atomic E-state index is 0.0590. The van der Waals surface area contributed by atoms with Crippen LogP contribution in [0.4, 0.5) is 5.82 Å². The Bertz CT molecular complexity index is 475. The van der Waals surface area contributed by atoms with Crippen molar-refractivity contribution in [3.8, 4) is 0 Å². The molecule has 0 radical (unpaired) electrons. The molecular weight excluding hydrogens is 266 g/mol. The van der Waals surface area contributed by atoms with Crippen LogP contribution in [0.5, 0.6) is 0 Å². The van der Waals surface area contributed by atoms with Crippen LogP contribution in [0.2, 0.25) is 0 Å². The van der Waals surface area contributed by atoms with E-state index < -0.39 is 0 Å². The summed E-state index contributed by atoms with van der Waals surface area (Å²) in [5, 5.41) is 2.86. The summed E-state index contributed by atoms with van der Waals surface area (Å²) in [6.07, 6.45) is 3.56. The monoisotopic (exact) mass is 291 g/mol. The van der Waals surface area contributed by atoms with Crippen LogP contribution in [0.15, 0.2) is 18.3 Å². The van der Waals surface area contributed by atoms with Gasteiger partial charge in [-0.3, -0.25) is 4.79 Å². The molecule has 1 unspecified atom stereocenters. The van der Waals surface area contributed by atoms with Crippen molar-refractivity contribution in [1.82, 2.24) is 10.3 Å².